The molecule has 0 aliphatic heterocycles. The number of carbonyl (C=O) groups excluding carboxylic acids is 1. The molecule has 0 saturated heterocycles. The molecular weight excluding hydrogens is 250 g/mol. The van der Waals surface area contributed by atoms with Crippen molar-refractivity contribution in [1.29, 1.82) is 0 Å². The molecule has 0 radical (unpaired) electrons. The Kier molecular flexibility index (Phi) is 4.12. The normalized spacial score (nSPS) is 11.6. The van der Waals surface area contributed by atoms with E-state index in [0.29, 0.717) is 24.1 Å². The van der Waals surface area contributed by atoms with Crippen molar-refractivity contribution in [3.63, 3.8) is 0 Å². The molecule has 0 atom stereocenters. The molecule has 0 aliphatic rings. The molecule has 1 aromatic heterocycles. The number of hydrogen-bond acceptors (Lipinski definition) is 2. The van der Waals surface area contributed by atoms with Crippen LogP contribution in [0.3, 0.4) is 0 Å². The van der Waals surface area contributed by atoms with E-state index in [2.05, 4.69) is 42.6 Å². The molecule has 1 amide bonds. The van der Waals surface area contributed by atoms with Crippen LogP contribution in [0.2, 0.25) is 0 Å². The van der Waals surface area contributed by atoms with E-state index in [0.717, 1.165) is 16.9 Å². The average molecular weight is 273 g/mol. The average Bonchev–Trinajstić information content (AvgIpc) is 2.70. The third-order valence-electron chi connectivity index (χ3n) is 3.32. The van der Waals surface area contributed by atoms with Gasteiger partial charge in [0.05, 0.1) is 11.0 Å². The second-order valence-corrected chi connectivity index (χ2v) is 5.93. The predicted molar refractivity (Wildman–Crippen MR) is 82.0 cm³/mol. The fraction of sp³-hybridized carbons (Fsp3) is 0.500. The van der Waals surface area contributed by atoms with Gasteiger partial charge in [-0.2, -0.15) is 0 Å². The molecule has 1 heterocycles. The van der Waals surface area contributed by atoms with Crippen molar-refractivity contribution in [2.75, 3.05) is 6.54 Å². The first-order chi connectivity index (χ1) is 9.40. The molecule has 0 unspecified atom stereocenters. The second kappa shape index (κ2) is 5.65. The number of rotatable bonds is 4. The number of aryl methyl sites for hydroxylation is 1. The highest BCUT2D eigenvalue weighted by Crippen LogP contribution is 2.21. The first-order valence-corrected chi connectivity index (χ1v) is 7.17. The second-order valence-electron chi connectivity index (χ2n) is 5.93. The quantitative estimate of drug-likeness (QED) is 0.929. The third-order valence-corrected chi connectivity index (χ3v) is 3.32. The number of nitrogens with one attached hydrogen (secondary N) is 1. The maximum absolute atomic E-state index is 12.1. The number of imidazole rings is 1. The van der Waals surface area contributed by atoms with Gasteiger partial charge in [0, 0.05) is 18.2 Å². The molecule has 20 heavy (non-hydrogen) atoms. The minimum atomic E-state index is -0.0302. The number of carbonyl (C=O) groups is 1. The summed E-state index contributed by atoms with van der Waals surface area (Å²) >= 11 is 0. The van der Waals surface area contributed by atoms with Crippen molar-refractivity contribution in [2.45, 2.75) is 40.7 Å². The maximum Gasteiger partial charge on any atom is 0.251 e. The minimum Gasteiger partial charge on any atom is -0.352 e. The summed E-state index contributed by atoms with van der Waals surface area (Å²) in [4.78, 5) is 16.6. The topological polar surface area (TPSA) is 46.9 Å². The molecule has 0 fully saturated rings. The molecule has 4 heteroatoms. The molecule has 0 aliphatic carbocycles. The van der Waals surface area contributed by atoms with Gasteiger partial charge >= 0.3 is 0 Å². The lowest BCUT2D eigenvalue weighted by atomic mass is 10.1. The van der Waals surface area contributed by atoms with Gasteiger partial charge in [0.1, 0.15) is 5.82 Å². The largest absolute Gasteiger partial charge is 0.352 e. The van der Waals surface area contributed by atoms with E-state index in [9.17, 15) is 4.79 Å². The van der Waals surface area contributed by atoms with Crippen LogP contribution in [-0.4, -0.2) is 22.0 Å². The van der Waals surface area contributed by atoms with Gasteiger partial charge in [0.2, 0.25) is 0 Å². The smallest absolute Gasteiger partial charge is 0.251 e. The summed E-state index contributed by atoms with van der Waals surface area (Å²) in [7, 11) is 0. The van der Waals surface area contributed by atoms with Crippen molar-refractivity contribution in [3.8, 4) is 0 Å². The summed E-state index contributed by atoms with van der Waals surface area (Å²) in [6.07, 6.45) is 0. The van der Waals surface area contributed by atoms with Crippen LogP contribution in [0.25, 0.3) is 11.0 Å². The van der Waals surface area contributed by atoms with E-state index in [1.54, 1.807) is 0 Å². The Hall–Kier alpha value is -1.84. The van der Waals surface area contributed by atoms with Gasteiger partial charge in [0.25, 0.3) is 5.91 Å². The number of benzene rings is 1. The summed E-state index contributed by atoms with van der Waals surface area (Å²) in [5.41, 5.74) is 2.64. The molecule has 108 valence electrons. The zero-order valence-electron chi connectivity index (χ0n) is 12.9. The number of nitrogens with zero attached hydrogens (tertiary/aromatic N) is 2. The van der Waals surface area contributed by atoms with Crippen LogP contribution in [0.4, 0.5) is 0 Å². The molecule has 0 spiro atoms. The molecule has 2 aromatic rings. The highest BCUT2D eigenvalue weighted by atomic mass is 16.1. The summed E-state index contributed by atoms with van der Waals surface area (Å²) in [6, 6.07) is 6.09. The van der Waals surface area contributed by atoms with Crippen molar-refractivity contribution in [1.82, 2.24) is 14.9 Å². The van der Waals surface area contributed by atoms with Crippen LogP contribution in [-0.2, 0) is 0 Å². The van der Waals surface area contributed by atoms with Gasteiger partial charge in [-0.05, 0) is 44.9 Å². The Morgan fingerprint density at radius 1 is 1.30 bits per heavy atom. The first kappa shape index (κ1) is 14.6. The van der Waals surface area contributed by atoms with E-state index < -0.39 is 0 Å². The van der Waals surface area contributed by atoms with Gasteiger partial charge in [-0.15, -0.1) is 0 Å². The highest BCUT2D eigenvalue weighted by Gasteiger charge is 2.13. The van der Waals surface area contributed by atoms with Gasteiger partial charge in [-0.3, -0.25) is 4.79 Å². The number of hydrogen-bond donors (Lipinski definition) is 1. The SMILES string of the molecule is Cc1nc2cc(C(=O)NCC(C)C)ccc2n1C(C)C. The van der Waals surface area contributed by atoms with Crippen LogP contribution in [0.5, 0.6) is 0 Å². The van der Waals surface area contributed by atoms with E-state index in [-0.39, 0.29) is 5.91 Å². The van der Waals surface area contributed by atoms with Crippen molar-refractivity contribution < 1.29 is 4.79 Å². The Balaban J connectivity index is 2.33. The summed E-state index contributed by atoms with van der Waals surface area (Å²) in [5, 5.41) is 2.93. The molecule has 0 bridgehead atoms. The summed E-state index contributed by atoms with van der Waals surface area (Å²) in [6.45, 7) is 11.1. The van der Waals surface area contributed by atoms with Crippen LogP contribution in [0.15, 0.2) is 18.2 Å². The van der Waals surface area contributed by atoms with Crippen molar-refractivity contribution >= 4 is 16.9 Å². The Morgan fingerprint density at radius 2 is 2.00 bits per heavy atom. The maximum atomic E-state index is 12.1. The zero-order valence-corrected chi connectivity index (χ0v) is 12.9. The Labute approximate surface area is 120 Å². The molecule has 0 saturated carbocycles. The Morgan fingerprint density at radius 3 is 2.60 bits per heavy atom. The van der Waals surface area contributed by atoms with Crippen molar-refractivity contribution in [2.24, 2.45) is 5.92 Å². The van der Waals surface area contributed by atoms with Crippen molar-refractivity contribution in [3.05, 3.63) is 29.6 Å². The standard InChI is InChI=1S/C16H23N3O/c1-10(2)9-17-16(20)13-6-7-15-14(8-13)18-12(5)19(15)11(3)4/h6-8,10-11H,9H2,1-5H3,(H,17,20). The number of aromatic nitrogens is 2. The fourth-order valence-electron chi connectivity index (χ4n) is 2.41. The highest BCUT2D eigenvalue weighted by molar-refractivity contribution is 5.97. The van der Waals surface area contributed by atoms with E-state index in [1.165, 1.54) is 0 Å². The van der Waals surface area contributed by atoms with Crippen LogP contribution in [0, 0.1) is 12.8 Å². The molecule has 1 N–H and O–H groups in total. The Bertz CT molecular complexity index is 626. The fourth-order valence-corrected chi connectivity index (χ4v) is 2.41. The molecule has 2 rings (SSSR count). The predicted octanol–water partition coefficient (Wildman–Crippen LogP) is 3.31. The van der Waals surface area contributed by atoms with E-state index >= 15 is 0 Å². The number of amides is 1. The van der Waals surface area contributed by atoms with Crippen LogP contribution in [0.1, 0.15) is 49.9 Å². The molecule has 4 nitrogen and oxygen atoms in total. The lowest BCUT2D eigenvalue weighted by Gasteiger charge is -2.11. The van der Waals surface area contributed by atoms with Gasteiger partial charge < -0.3 is 9.88 Å². The minimum absolute atomic E-state index is 0.0302. The summed E-state index contributed by atoms with van der Waals surface area (Å²) < 4.78 is 2.19. The molecule has 1 aromatic carbocycles. The zero-order chi connectivity index (χ0) is 14.9. The lowest BCUT2D eigenvalue weighted by Crippen LogP contribution is -2.27. The van der Waals surface area contributed by atoms with Gasteiger partial charge in [0.15, 0.2) is 0 Å². The monoisotopic (exact) mass is 273 g/mol. The molecular formula is C16H23N3O. The first-order valence-electron chi connectivity index (χ1n) is 7.17. The summed E-state index contributed by atoms with van der Waals surface area (Å²) in [5.74, 6) is 1.40. The van der Waals surface area contributed by atoms with E-state index in [1.807, 2.05) is 25.1 Å². The van der Waals surface area contributed by atoms with Crippen LogP contribution < -0.4 is 5.32 Å². The van der Waals surface area contributed by atoms with Gasteiger partial charge in [-0.1, -0.05) is 13.8 Å². The number of fused-ring (bicyclic) bond motifs is 1. The third kappa shape index (κ3) is 2.84. The van der Waals surface area contributed by atoms with E-state index in [4.69, 9.17) is 0 Å². The van der Waals surface area contributed by atoms with Gasteiger partial charge in [-0.25, -0.2) is 4.98 Å². The lowest BCUT2D eigenvalue weighted by molar-refractivity contribution is 0.0949. The van der Waals surface area contributed by atoms with Crippen LogP contribution >= 0.6 is 0 Å².